The van der Waals surface area contributed by atoms with Crippen molar-refractivity contribution in [1.29, 1.82) is 0 Å². The van der Waals surface area contributed by atoms with Gasteiger partial charge < -0.3 is 9.73 Å². The van der Waals surface area contributed by atoms with Gasteiger partial charge >= 0.3 is 0 Å². The van der Waals surface area contributed by atoms with Crippen LogP contribution in [0.2, 0.25) is 0 Å². The summed E-state index contributed by atoms with van der Waals surface area (Å²) >= 11 is 0. The van der Waals surface area contributed by atoms with Gasteiger partial charge in [-0.05, 0) is 36.9 Å². The lowest BCUT2D eigenvalue weighted by Gasteiger charge is -2.21. The van der Waals surface area contributed by atoms with Crippen LogP contribution in [-0.2, 0) is 11.2 Å². The number of nitrogens with zero attached hydrogens (tertiary/aromatic N) is 2. The Labute approximate surface area is 140 Å². The molecule has 1 saturated heterocycles. The first-order valence-corrected chi connectivity index (χ1v) is 8.30. The van der Waals surface area contributed by atoms with Crippen LogP contribution in [-0.4, -0.2) is 28.8 Å². The molecular weight excluding hydrogens is 302 g/mol. The van der Waals surface area contributed by atoms with Crippen LogP contribution in [0.5, 0.6) is 0 Å². The first kappa shape index (κ1) is 15.0. The number of fused-ring (bicyclic) bond motifs is 1. The van der Waals surface area contributed by atoms with Gasteiger partial charge in [-0.2, -0.15) is 0 Å². The maximum Gasteiger partial charge on any atom is 0.181 e. The molecular formula is C19H19N3O2. The van der Waals surface area contributed by atoms with Gasteiger partial charge in [0.2, 0.25) is 0 Å². The Morgan fingerprint density at radius 1 is 1.25 bits per heavy atom. The highest BCUT2D eigenvalue weighted by Crippen LogP contribution is 2.24. The highest BCUT2D eigenvalue weighted by atomic mass is 16.3. The number of benzene rings is 1. The van der Waals surface area contributed by atoms with Gasteiger partial charge in [0.05, 0.1) is 6.20 Å². The Morgan fingerprint density at radius 2 is 2.21 bits per heavy atom. The summed E-state index contributed by atoms with van der Waals surface area (Å²) in [6.45, 7) is 1.81. The zero-order valence-corrected chi connectivity index (χ0v) is 13.4. The van der Waals surface area contributed by atoms with E-state index in [1.54, 1.807) is 6.20 Å². The van der Waals surface area contributed by atoms with E-state index in [2.05, 4.69) is 15.3 Å². The largest absolute Gasteiger partial charge is 0.444 e. The molecule has 3 aromatic rings. The summed E-state index contributed by atoms with van der Waals surface area (Å²) in [6, 6.07) is 8.05. The number of piperidine rings is 1. The molecule has 1 aromatic carbocycles. The lowest BCUT2D eigenvalue weighted by atomic mass is 9.92. The predicted molar refractivity (Wildman–Crippen MR) is 91.5 cm³/mol. The molecule has 2 aromatic heterocycles. The number of ketones is 1. The van der Waals surface area contributed by atoms with Crippen LogP contribution in [0.1, 0.15) is 18.5 Å². The number of carbonyl (C=O) groups is 1. The lowest BCUT2D eigenvalue weighted by Crippen LogP contribution is -2.35. The Kier molecular flexibility index (Phi) is 4.09. The van der Waals surface area contributed by atoms with Crippen LogP contribution in [0, 0.1) is 5.92 Å². The van der Waals surface area contributed by atoms with Crippen molar-refractivity contribution in [3.8, 4) is 11.3 Å². The molecule has 1 fully saturated rings. The van der Waals surface area contributed by atoms with E-state index in [1.807, 2.05) is 30.5 Å². The van der Waals surface area contributed by atoms with E-state index in [-0.39, 0.29) is 11.7 Å². The zero-order chi connectivity index (χ0) is 16.4. The van der Waals surface area contributed by atoms with Gasteiger partial charge in [-0.15, -0.1) is 0 Å². The van der Waals surface area contributed by atoms with Gasteiger partial charge in [-0.1, -0.05) is 12.1 Å². The summed E-state index contributed by atoms with van der Waals surface area (Å²) in [5.74, 6) is 1.14. The van der Waals surface area contributed by atoms with Crippen molar-refractivity contribution in [3.63, 3.8) is 0 Å². The molecule has 0 saturated carbocycles. The molecule has 0 amide bonds. The monoisotopic (exact) mass is 321 g/mol. The molecule has 0 aliphatic carbocycles. The number of nitrogens with one attached hydrogen (secondary N) is 1. The van der Waals surface area contributed by atoms with Gasteiger partial charge in [-0.25, -0.2) is 4.98 Å². The fraction of sp³-hybridized carbons (Fsp3) is 0.316. The summed E-state index contributed by atoms with van der Waals surface area (Å²) in [5.41, 5.74) is 1.80. The Morgan fingerprint density at radius 3 is 3.00 bits per heavy atom. The Bertz CT molecular complexity index is 852. The normalized spacial score (nSPS) is 17.9. The molecule has 1 aliphatic heterocycles. The fourth-order valence-electron chi connectivity index (χ4n) is 3.24. The smallest absolute Gasteiger partial charge is 0.181 e. The van der Waals surface area contributed by atoms with E-state index in [9.17, 15) is 4.79 Å². The average Bonchev–Trinajstić information content (AvgIpc) is 3.16. The number of rotatable bonds is 4. The second kappa shape index (κ2) is 6.53. The highest BCUT2D eigenvalue weighted by molar-refractivity contribution is 5.88. The molecule has 0 unspecified atom stereocenters. The molecule has 24 heavy (non-hydrogen) atoms. The summed E-state index contributed by atoms with van der Waals surface area (Å²) in [4.78, 5) is 20.9. The topological polar surface area (TPSA) is 68.0 Å². The molecule has 5 heteroatoms. The zero-order valence-electron chi connectivity index (χ0n) is 13.4. The third-order valence-electron chi connectivity index (χ3n) is 4.60. The number of pyridine rings is 1. The second-order valence-electron chi connectivity index (χ2n) is 6.29. The summed E-state index contributed by atoms with van der Waals surface area (Å²) < 4.78 is 5.35. The number of hydrogen-bond donors (Lipinski definition) is 1. The van der Waals surface area contributed by atoms with Gasteiger partial charge in [0.1, 0.15) is 5.78 Å². The molecule has 1 N–H and O–H groups in total. The van der Waals surface area contributed by atoms with Crippen molar-refractivity contribution in [2.24, 2.45) is 5.92 Å². The third kappa shape index (κ3) is 3.08. The number of Topliss-reactive ketones (excluding diaryl/α,β-unsaturated/α-hetero) is 1. The predicted octanol–water partition coefficient (Wildman–Crippen LogP) is 3.00. The van der Waals surface area contributed by atoms with Crippen LogP contribution >= 0.6 is 0 Å². The van der Waals surface area contributed by atoms with Crippen molar-refractivity contribution in [1.82, 2.24) is 15.3 Å². The number of carbonyl (C=O) groups excluding carboxylic acids is 1. The first-order chi connectivity index (χ1) is 11.8. The highest BCUT2D eigenvalue weighted by Gasteiger charge is 2.21. The Hall–Kier alpha value is -2.53. The number of aromatic nitrogens is 2. The van der Waals surface area contributed by atoms with Crippen LogP contribution in [0.3, 0.4) is 0 Å². The molecule has 1 aliphatic rings. The van der Waals surface area contributed by atoms with Crippen LogP contribution in [0.4, 0.5) is 0 Å². The molecule has 0 bridgehead atoms. The molecule has 0 spiro atoms. The summed E-state index contributed by atoms with van der Waals surface area (Å²) in [5, 5.41) is 5.41. The molecule has 122 valence electrons. The molecule has 3 heterocycles. The van der Waals surface area contributed by atoms with Crippen molar-refractivity contribution in [2.75, 3.05) is 13.1 Å². The van der Waals surface area contributed by atoms with Crippen molar-refractivity contribution < 1.29 is 9.21 Å². The van der Waals surface area contributed by atoms with Gasteiger partial charge in [0.15, 0.2) is 12.2 Å². The van der Waals surface area contributed by atoms with E-state index in [0.717, 1.165) is 53.7 Å². The molecule has 0 radical (unpaired) electrons. The average molecular weight is 321 g/mol. The quantitative estimate of drug-likeness (QED) is 0.800. The van der Waals surface area contributed by atoms with Crippen LogP contribution in [0.25, 0.3) is 22.1 Å². The number of oxazole rings is 1. The fourth-order valence-corrected chi connectivity index (χ4v) is 3.24. The van der Waals surface area contributed by atoms with E-state index < -0.39 is 0 Å². The molecule has 5 nitrogen and oxygen atoms in total. The van der Waals surface area contributed by atoms with Gasteiger partial charge in [-0.3, -0.25) is 9.78 Å². The summed E-state index contributed by atoms with van der Waals surface area (Å²) in [6.07, 6.45) is 7.41. The van der Waals surface area contributed by atoms with Crippen molar-refractivity contribution >= 4 is 16.6 Å². The van der Waals surface area contributed by atoms with Crippen LogP contribution in [0.15, 0.2) is 47.5 Å². The minimum absolute atomic E-state index is 0.122. The number of hydrogen-bond acceptors (Lipinski definition) is 5. The maximum atomic E-state index is 12.5. The summed E-state index contributed by atoms with van der Waals surface area (Å²) in [7, 11) is 0. The molecule has 1 atom stereocenters. The van der Waals surface area contributed by atoms with Gasteiger partial charge in [0.25, 0.3) is 0 Å². The molecule has 4 rings (SSSR count). The standard InChI is InChI=1S/C19H19N3O2/c23-18(15-2-1-5-20-9-15)8-17-7-16-6-13(19-11-21-12-24-19)3-4-14(16)10-22-17/h3-4,6-7,10-12,15,20H,1-2,5,8-9H2/t15-/m1/s1. The van der Waals surface area contributed by atoms with E-state index >= 15 is 0 Å². The van der Waals surface area contributed by atoms with Crippen LogP contribution < -0.4 is 5.32 Å². The minimum Gasteiger partial charge on any atom is -0.444 e. The van der Waals surface area contributed by atoms with E-state index in [4.69, 9.17) is 4.42 Å². The minimum atomic E-state index is 0.122. The van der Waals surface area contributed by atoms with Crippen molar-refractivity contribution in [3.05, 3.63) is 48.7 Å². The second-order valence-corrected chi connectivity index (χ2v) is 6.29. The van der Waals surface area contributed by atoms with E-state index in [1.165, 1.54) is 6.39 Å². The lowest BCUT2D eigenvalue weighted by molar-refractivity contribution is -0.122. The van der Waals surface area contributed by atoms with Crippen molar-refractivity contribution in [2.45, 2.75) is 19.3 Å². The third-order valence-corrected chi connectivity index (χ3v) is 4.60. The maximum absolute atomic E-state index is 12.5. The SMILES string of the molecule is O=C(Cc1cc2cc(-c3cnco3)ccc2cn1)[C@@H]1CCCNC1. The van der Waals surface area contributed by atoms with E-state index in [0.29, 0.717) is 6.42 Å². The first-order valence-electron chi connectivity index (χ1n) is 8.30. The van der Waals surface area contributed by atoms with Gasteiger partial charge in [0, 0.05) is 41.7 Å². The Balaban J connectivity index is 1.58.